The van der Waals surface area contributed by atoms with Crippen LogP contribution in [0, 0.1) is 12.8 Å². The number of hydrogen-bond donors (Lipinski definition) is 1. The van der Waals surface area contributed by atoms with Crippen molar-refractivity contribution < 1.29 is 4.79 Å². The summed E-state index contributed by atoms with van der Waals surface area (Å²) in [5.74, 6) is 0.547. The number of nitrogens with one attached hydrogen (secondary N) is 1. The van der Waals surface area contributed by atoms with Crippen LogP contribution in [-0.4, -0.2) is 38.8 Å². The van der Waals surface area contributed by atoms with E-state index in [0.717, 1.165) is 37.4 Å². The molecule has 2 aromatic rings. The van der Waals surface area contributed by atoms with Crippen molar-refractivity contribution in [2.45, 2.75) is 39.7 Å². The molecule has 128 valence electrons. The van der Waals surface area contributed by atoms with E-state index >= 15 is 0 Å². The van der Waals surface area contributed by atoms with Crippen molar-refractivity contribution in [1.82, 2.24) is 19.9 Å². The fourth-order valence-electron chi connectivity index (χ4n) is 3.18. The first-order valence-corrected chi connectivity index (χ1v) is 9.12. The Kier molecular flexibility index (Phi) is 5.52. The van der Waals surface area contributed by atoms with Gasteiger partial charge in [-0.25, -0.2) is 4.98 Å². The van der Waals surface area contributed by atoms with E-state index < -0.39 is 0 Å². The molecular weight excluding hydrogens is 322 g/mol. The van der Waals surface area contributed by atoms with Gasteiger partial charge in [-0.2, -0.15) is 0 Å². The van der Waals surface area contributed by atoms with Gasteiger partial charge in [0.15, 0.2) is 5.13 Å². The molecule has 1 atom stereocenters. The van der Waals surface area contributed by atoms with Gasteiger partial charge in [-0.15, -0.1) is 11.3 Å². The van der Waals surface area contributed by atoms with Gasteiger partial charge in [-0.05, 0) is 38.6 Å². The van der Waals surface area contributed by atoms with Crippen molar-refractivity contribution in [1.29, 1.82) is 0 Å². The van der Waals surface area contributed by atoms with Gasteiger partial charge in [-0.1, -0.05) is 0 Å². The fourth-order valence-corrected chi connectivity index (χ4v) is 4.08. The lowest BCUT2D eigenvalue weighted by atomic mass is 9.93. The minimum Gasteiger partial charge on any atom is -0.302 e. The summed E-state index contributed by atoms with van der Waals surface area (Å²) in [7, 11) is 0. The summed E-state index contributed by atoms with van der Waals surface area (Å²) in [5.41, 5.74) is 2.07. The smallest absolute Gasteiger partial charge is 0.223 e. The lowest BCUT2D eigenvalue weighted by Crippen LogP contribution is -2.35. The number of hydrogen-bond acceptors (Lipinski definition) is 6. The number of piperidine rings is 1. The highest BCUT2D eigenvalue weighted by molar-refractivity contribution is 7.15. The number of carbonyl (C=O) groups excluding carboxylic acids is 1. The quantitative estimate of drug-likeness (QED) is 0.902. The van der Waals surface area contributed by atoms with E-state index in [1.54, 1.807) is 17.5 Å². The Morgan fingerprint density at radius 3 is 3.08 bits per heavy atom. The number of carbonyl (C=O) groups is 1. The topological polar surface area (TPSA) is 71.0 Å². The van der Waals surface area contributed by atoms with Crippen LogP contribution in [-0.2, 0) is 17.8 Å². The molecule has 0 bridgehead atoms. The normalized spacial score (nSPS) is 18.5. The number of rotatable bonds is 5. The minimum absolute atomic E-state index is 0.0757. The van der Waals surface area contributed by atoms with Crippen LogP contribution in [0.4, 0.5) is 5.13 Å². The number of likely N-dealkylation sites (tertiary alicyclic amines) is 1. The fraction of sp³-hybridized carbons (Fsp3) is 0.529. The predicted octanol–water partition coefficient (Wildman–Crippen LogP) is 2.65. The first kappa shape index (κ1) is 17.0. The first-order valence-electron chi connectivity index (χ1n) is 8.30. The maximum atomic E-state index is 11.1. The molecular formula is C17H23N5OS. The summed E-state index contributed by atoms with van der Waals surface area (Å²) in [6, 6.07) is 0. The van der Waals surface area contributed by atoms with Gasteiger partial charge in [0.2, 0.25) is 5.91 Å². The number of thiazole rings is 1. The molecule has 3 rings (SSSR count). The molecule has 1 aliphatic rings. The number of aromatic nitrogens is 3. The Morgan fingerprint density at radius 2 is 2.29 bits per heavy atom. The number of anilines is 1. The first-order chi connectivity index (χ1) is 11.6. The van der Waals surface area contributed by atoms with Gasteiger partial charge in [0.25, 0.3) is 0 Å². The standard InChI is InChI=1S/C17H23N5OS/c1-12-7-18-8-15(20-12)6-14-4-3-5-22(10-14)11-16-9-19-17(24-16)21-13(2)23/h7-9,14H,3-6,10-11H2,1-2H3,(H,19,21,23). The summed E-state index contributed by atoms with van der Waals surface area (Å²) >= 11 is 1.55. The van der Waals surface area contributed by atoms with Crippen LogP contribution in [0.15, 0.2) is 18.6 Å². The highest BCUT2D eigenvalue weighted by Crippen LogP contribution is 2.24. The van der Waals surface area contributed by atoms with Crippen molar-refractivity contribution in [3.63, 3.8) is 0 Å². The third-order valence-electron chi connectivity index (χ3n) is 4.12. The van der Waals surface area contributed by atoms with E-state index in [-0.39, 0.29) is 5.91 Å². The second kappa shape index (κ2) is 7.81. The zero-order valence-electron chi connectivity index (χ0n) is 14.2. The van der Waals surface area contributed by atoms with Crippen molar-refractivity contribution in [3.05, 3.63) is 34.9 Å². The van der Waals surface area contributed by atoms with Crippen molar-refractivity contribution >= 4 is 22.4 Å². The number of aryl methyl sites for hydroxylation is 1. The molecule has 0 aliphatic carbocycles. The summed E-state index contributed by atoms with van der Waals surface area (Å²) in [4.78, 5) is 27.8. The van der Waals surface area contributed by atoms with Gasteiger partial charge in [-0.3, -0.25) is 19.7 Å². The van der Waals surface area contributed by atoms with E-state index in [4.69, 9.17) is 0 Å². The minimum atomic E-state index is -0.0757. The lowest BCUT2D eigenvalue weighted by molar-refractivity contribution is -0.114. The molecule has 0 spiro atoms. The monoisotopic (exact) mass is 345 g/mol. The van der Waals surface area contributed by atoms with Gasteiger partial charge in [0.05, 0.1) is 11.4 Å². The maximum Gasteiger partial charge on any atom is 0.223 e. The summed E-state index contributed by atoms with van der Waals surface area (Å²) < 4.78 is 0. The SMILES string of the molecule is CC(=O)Nc1ncc(CN2CCCC(Cc3cncc(C)n3)C2)s1. The van der Waals surface area contributed by atoms with Crippen LogP contribution in [0.5, 0.6) is 0 Å². The van der Waals surface area contributed by atoms with E-state index in [9.17, 15) is 4.79 Å². The molecule has 0 radical (unpaired) electrons. The Morgan fingerprint density at radius 1 is 1.42 bits per heavy atom. The largest absolute Gasteiger partial charge is 0.302 e. The molecule has 24 heavy (non-hydrogen) atoms. The van der Waals surface area contributed by atoms with Gasteiger partial charge in [0.1, 0.15) is 0 Å². The van der Waals surface area contributed by atoms with Crippen molar-refractivity contribution in [2.75, 3.05) is 18.4 Å². The second-order valence-electron chi connectivity index (χ2n) is 6.41. The predicted molar refractivity (Wildman–Crippen MR) is 94.9 cm³/mol. The Bertz CT molecular complexity index is 702. The summed E-state index contributed by atoms with van der Waals surface area (Å²) in [6.45, 7) is 6.57. The number of amides is 1. The van der Waals surface area contributed by atoms with Crippen molar-refractivity contribution in [2.24, 2.45) is 5.92 Å². The van der Waals surface area contributed by atoms with Crippen molar-refractivity contribution in [3.8, 4) is 0 Å². The van der Waals surface area contributed by atoms with E-state index in [2.05, 4.69) is 25.2 Å². The van der Waals surface area contributed by atoms with Crippen LogP contribution < -0.4 is 5.32 Å². The summed E-state index contributed by atoms with van der Waals surface area (Å²) in [6.07, 6.45) is 8.99. The van der Waals surface area contributed by atoms with E-state index in [1.165, 1.54) is 24.6 Å². The second-order valence-corrected chi connectivity index (χ2v) is 7.53. The third-order valence-corrected chi connectivity index (χ3v) is 5.02. The van der Waals surface area contributed by atoms with Crippen LogP contribution in [0.3, 0.4) is 0 Å². The molecule has 2 aromatic heterocycles. The van der Waals surface area contributed by atoms with E-state index in [1.807, 2.05) is 19.3 Å². The molecule has 0 aromatic carbocycles. The zero-order valence-corrected chi connectivity index (χ0v) is 15.0. The lowest BCUT2D eigenvalue weighted by Gasteiger charge is -2.32. The van der Waals surface area contributed by atoms with Crippen LogP contribution in [0.2, 0.25) is 0 Å². The molecule has 1 saturated heterocycles. The molecule has 1 amide bonds. The molecule has 1 fully saturated rings. The highest BCUT2D eigenvalue weighted by atomic mass is 32.1. The van der Waals surface area contributed by atoms with Crippen LogP contribution >= 0.6 is 11.3 Å². The third kappa shape index (κ3) is 4.82. The molecule has 1 N–H and O–H groups in total. The Balaban J connectivity index is 1.55. The van der Waals surface area contributed by atoms with E-state index in [0.29, 0.717) is 11.0 Å². The van der Waals surface area contributed by atoms with Crippen LogP contribution in [0.1, 0.15) is 36.0 Å². The maximum absolute atomic E-state index is 11.1. The molecule has 3 heterocycles. The molecule has 6 nitrogen and oxygen atoms in total. The Hall–Kier alpha value is -1.86. The Labute approximate surface area is 146 Å². The number of nitrogens with zero attached hydrogens (tertiary/aromatic N) is 4. The molecule has 1 unspecified atom stereocenters. The molecule has 0 saturated carbocycles. The van der Waals surface area contributed by atoms with Gasteiger partial charge in [0, 0.05) is 43.5 Å². The van der Waals surface area contributed by atoms with Gasteiger partial charge >= 0.3 is 0 Å². The average Bonchev–Trinajstić information content (AvgIpc) is 2.94. The zero-order chi connectivity index (χ0) is 16.9. The van der Waals surface area contributed by atoms with Crippen LogP contribution in [0.25, 0.3) is 0 Å². The van der Waals surface area contributed by atoms with Gasteiger partial charge < -0.3 is 5.32 Å². The molecule has 7 heteroatoms. The summed E-state index contributed by atoms with van der Waals surface area (Å²) in [5, 5.41) is 3.43. The average molecular weight is 345 g/mol. The molecule has 1 aliphatic heterocycles. The highest BCUT2D eigenvalue weighted by Gasteiger charge is 2.21.